The Morgan fingerprint density at radius 1 is 1.20 bits per heavy atom. The van der Waals surface area contributed by atoms with Crippen LogP contribution >= 0.6 is 0 Å². The molecule has 0 aliphatic carbocycles. The van der Waals surface area contributed by atoms with Gasteiger partial charge in [0.25, 0.3) is 0 Å². The highest BCUT2D eigenvalue weighted by Crippen LogP contribution is 2.31. The molecule has 0 amide bonds. The van der Waals surface area contributed by atoms with Crippen molar-refractivity contribution in [1.29, 1.82) is 0 Å². The summed E-state index contributed by atoms with van der Waals surface area (Å²) < 4.78 is 5.38. The summed E-state index contributed by atoms with van der Waals surface area (Å²) in [5.41, 5.74) is 1.37. The second-order valence-electron chi connectivity index (χ2n) is 3.77. The van der Waals surface area contributed by atoms with E-state index in [9.17, 15) is 0 Å². The predicted molar refractivity (Wildman–Crippen MR) is 57.8 cm³/mol. The molecule has 84 valence electrons. The summed E-state index contributed by atoms with van der Waals surface area (Å²) >= 11 is 0. The number of methoxy groups -OCH3 is 1. The van der Waals surface area contributed by atoms with Crippen molar-refractivity contribution in [3.63, 3.8) is 0 Å². The van der Waals surface area contributed by atoms with Gasteiger partial charge in [-0.3, -0.25) is 0 Å². The second-order valence-corrected chi connectivity index (χ2v) is 3.77. The topological polar surface area (TPSA) is 21.3 Å². The van der Waals surface area contributed by atoms with Gasteiger partial charge in [-0.15, -0.1) is 0 Å². The Hall–Kier alpha value is -0.730. The van der Waals surface area contributed by atoms with Gasteiger partial charge in [-0.2, -0.15) is 0 Å². The van der Waals surface area contributed by atoms with Crippen molar-refractivity contribution in [2.75, 3.05) is 20.2 Å². The quantitative estimate of drug-likeness (QED) is 0.711. The maximum absolute atomic E-state index is 5.38. The van der Waals surface area contributed by atoms with E-state index in [1.54, 1.807) is 7.11 Å². The minimum absolute atomic E-state index is 0. The number of para-hydroxylation sites is 1. The summed E-state index contributed by atoms with van der Waals surface area (Å²) in [6, 6.07) is 8.37. The summed E-state index contributed by atoms with van der Waals surface area (Å²) in [6.45, 7) is 2.26. The summed E-state index contributed by atoms with van der Waals surface area (Å²) in [5, 5.41) is 3.38. The Balaban J connectivity index is 0.00000112. The number of halogens is 1. The van der Waals surface area contributed by atoms with Gasteiger partial charge in [0.15, 0.2) is 0 Å². The van der Waals surface area contributed by atoms with Gasteiger partial charge in [0.1, 0.15) is 5.75 Å². The van der Waals surface area contributed by atoms with E-state index in [0.29, 0.717) is 5.92 Å². The van der Waals surface area contributed by atoms with Crippen molar-refractivity contribution in [3.8, 4) is 5.75 Å². The van der Waals surface area contributed by atoms with Crippen LogP contribution in [0.5, 0.6) is 5.75 Å². The third-order valence-electron chi connectivity index (χ3n) is 2.92. The lowest BCUT2D eigenvalue weighted by molar-refractivity contribution is -0.00000323. The SMILES string of the molecule is COc1ccccc1C1CCNCC1.[Cl-]. The van der Waals surface area contributed by atoms with Crippen LogP contribution < -0.4 is 22.5 Å². The third-order valence-corrected chi connectivity index (χ3v) is 2.92. The summed E-state index contributed by atoms with van der Waals surface area (Å²) in [6.07, 6.45) is 2.45. The van der Waals surface area contributed by atoms with Crippen LogP contribution in [0.25, 0.3) is 0 Å². The molecule has 0 unspecified atom stereocenters. The molecule has 1 aliphatic heterocycles. The van der Waals surface area contributed by atoms with Gasteiger partial charge >= 0.3 is 0 Å². The fraction of sp³-hybridized carbons (Fsp3) is 0.500. The minimum Gasteiger partial charge on any atom is -1.00 e. The van der Waals surface area contributed by atoms with Gasteiger partial charge in [-0.05, 0) is 43.5 Å². The van der Waals surface area contributed by atoms with E-state index in [4.69, 9.17) is 4.74 Å². The van der Waals surface area contributed by atoms with Gasteiger partial charge < -0.3 is 22.5 Å². The molecule has 0 atom stereocenters. The first-order valence-corrected chi connectivity index (χ1v) is 5.25. The van der Waals surface area contributed by atoms with Crippen molar-refractivity contribution in [2.45, 2.75) is 18.8 Å². The van der Waals surface area contributed by atoms with E-state index in [1.165, 1.54) is 18.4 Å². The summed E-state index contributed by atoms with van der Waals surface area (Å²) in [5.74, 6) is 1.71. The molecule has 0 aromatic heterocycles. The normalized spacial score (nSPS) is 16.9. The highest BCUT2D eigenvalue weighted by Gasteiger charge is 2.17. The van der Waals surface area contributed by atoms with Crippen molar-refractivity contribution in [3.05, 3.63) is 29.8 Å². The second kappa shape index (κ2) is 5.99. The number of nitrogens with one attached hydrogen (secondary N) is 1. The zero-order chi connectivity index (χ0) is 9.80. The number of benzene rings is 1. The van der Waals surface area contributed by atoms with E-state index in [-0.39, 0.29) is 12.4 Å². The van der Waals surface area contributed by atoms with Crippen LogP contribution in [0.4, 0.5) is 0 Å². The Labute approximate surface area is 97.4 Å². The Bertz CT molecular complexity index is 297. The molecule has 1 aromatic rings. The molecule has 1 N–H and O–H groups in total. The fourth-order valence-electron chi connectivity index (χ4n) is 2.14. The molecule has 2 nitrogen and oxygen atoms in total. The highest BCUT2D eigenvalue weighted by atomic mass is 35.5. The third kappa shape index (κ3) is 2.86. The molecule has 0 bridgehead atoms. The van der Waals surface area contributed by atoms with Crippen molar-refractivity contribution < 1.29 is 17.1 Å². The maximum atomic E-state index is 5.38. The van der Waals surface area contributed by atoms with E-state index in [0.717, 1.165) is 18.8 Å². The zero-order valence-corrected chi connectivity index (χ0v) is 9.76. The fourth-order valence-corrected chi connectivity index (χ4v) is 2.14. The van der Waals surface area contributed by atoms with Gasteiger partial charge in [0.2, 0.25) is 0 Å². The first kappa shape index (κ1) is 12.3. The molecule has 1 heterocycles. The molecular formula is C12H17ClNO-. The van der Waals surface area contributed by atoms with Crippen LogP contribution in [-0.4, -0.2) is 20.2 Å². The first-order valence-electron chi connectivity index (χ1n) is 5.25. The van der Waals surface area contributed by atoms with E-state index < -0.39 is 0 Å². The molecule has 1 fully saturated rings. The lowest BCUT2D eigenvalue weighted by Gasteiger charge is -2.24. The molecule has 0 saturated carbocycles. The van der Waals surface area contributed by atoms with Crippen LogP contribution in [0.15, 0.2) is 24.3 Å². The number of rotatable bonds is 2. The Morgan fingerprint density at radius 3 is 2.53 bits per heavy atom. The van der Waals surface area contributed by atoms with Crippen LogP contribution in [0.2, 0.25) is 0 Å². The first-order chi connectivity index (χ1) is 6.92. The van der Waals surface area contributed by atoms with Gasteiger partial charge in [0, 0.05) is 0 Å². The van der Waals surface area contributed by atoms with E-state index in [2.05, 4.69) is 23.5 Å². The monoisotopic (exact) mass is 226 g/mol. The van der Waals surface area contributed by atoms with Crippen LogP contribution in [-0.2, 0) is 0 Å². The molecule has 3 heteroatoms. The molecule has 0 spiro atoms. The van der Waals surface area contributed by atoms with E-state index in [1.807, 2.05) is 6.07 Å². The van der Waals surface area contributed by atoms with Gasteiger partial charge in [0.05, 0.1) is 7.11 Å². The van der Waals surface area contributed by atoms with Crippen LogP contribution in [0, 0.1) is 0 Å². The largest absolute Gasteiger partial charge is 1.00 e. The number of hydrogen-bond donors (Lipinski definition) is 1. The minimum atomic E-state index is 0. The smallest absolute Gasteiger partial charge is 0.122 e. The molecular weight excluding hydrogens is 210 g/mol. The Morgan fingerprint density at radius 2 is 1.87 bits per heavy atom. The lowest BCUT2D eigenvalue weighted by atomic mass is 9.90. The zero-order valence-electron chi connectivity index (χ0n) is 9.00. The Kier molecular flexibility index (Phi) is 4.92. The van der Waals surface area contributed by atoms with Crippen LogP contribution in [0.1, 0.15) is 24.3 Å². The molecule has 1 aliphatic rings. The number of piperidine rings is 1. The summed E-state index contributed by atoms with van der Waals surface area (Å²) in [7, 11) is 1.75. The standard InChI is InChI=1S/C12H17NO.ClH/c1-14-12-5-3-2-4-11(12)10-6-8-13-9-7-10;/h2-5,10,13H,6-9H2,1H3;1H/p-1. The molecule has 1 aromatic carbocycles. The van der Waals surface area contributed by atoms with Gasteiger partial charge in [-0.25, -0.2) is 0 Å². The van der Waals surface area contributed by atoms with Crippen molar-refractivity contribution in [2.24, 2.45) is 0 Å². The van der Waals surface area contributed by atoms with Crippen molar-refractivity contribution in [1.82, 2.24) is 5.32 Å². The lowest BCUT2D eigenvalue weighted by Crippen LogP contribution is -3.00. The number of hydrogen-bond acceptors (Lipinski definition) is 2. The molecule has 0 radical (unpaired) electrons. The average Bonchev–Trinajstić information content (AvgIpc) is 2.30. The van der Waals surface area contributed by atoms with Gasteiger partial charge in [-0.1, -0.05) is 18.2 Å². The van der Waals surface area contributed by atoms with E-state index >= 15 is 0 Å². The maximum Gasteiger partial charge on any atom is 0.122 e. The van der Waals surface area contributed by atoms with Crippen LogP contribution in [0.3, 0.4) is 0 Å². The average molecular weight is 227 g/mol. The number of ether oxygens (including phenoxy) is 1. The molecule has 1 saturated heterocycles. The summed E-state index contributed by atoms with van der Waals surface area (Å²) in [4.78, 5) is 0. The molecule has 2 rings (SSSR count). The highest BCUT2D eigenvalue weighted by molar-refractivity contribution is 5.36. The predicted octanol–water partition coefficient (Wildman–Crippen LogP) is -0.834. The van der Waals surface area contributed by atoms with Crippen molar-refractivity contribution >= 4 is 0 Å². The molecule has 15 heavy (non-hydrogen) atoms.